The van der Waals surface area contributed by atoms with Crippen molar-refractivity contribution in [3.05, 3.63) is 47.4 Å². The fourth-order valence-electron chi connectivity index (χ4n) is 4.08. The molecule has 2 heterocycles. The van der Waals surface area contributed by atoms with Crippen LogP contribution in [-0.2, 0) is 30.5 Å². The summed E-state index contributed by atoms with van der Waals surface area (Å²) in [4.78, 5) is 69.6. The van der Waals surface area contributed by atoms with E-state index in [-0.39, 0.29) is 41.3 Å². The first kappa shape index (κ1) is 36.1. The molecular weight excluding hydrogens is 588 g/mol. The molecule has 0 radical (unpaired) electrons. The van der Waals surface area contributed by atoms with Crippen molar-refractivity contribution in [1.29, 1.82) is 0 Å². The lowest BCUT2D eigenvalue weighted by Crippen LogP contribution is -2.48. The van der Waals surface area contributed by atoms with E-state index in [0.717, 1.165) is 29.9 Å². The number of aromatic nitrogens is 1. The monoisotopic (exact) mass is 632 g/mol. The molecule has 0 saturated heterocycles. The van der Waals surface area contributed by atoms with E-state index < -0.39 is 29.9 Å². The zero-order chi connectivity index (χ0) is 31.8. The molecule has 10 nitrogen and oxygen atoms in total. The fraction of sp³-hybridized carbons (Fsp3) is 0.548. The van der Waals surface area contributed by atoms with Crippen LogP contribution in [0.3, 0.4) is 0 Å². The number of nitrogens with one attached hydrogen (secondary N) is 3. The third-order valence-corrected chi connectivity index (χ3v) is 8.21. The Kier molecular flexibility index (Phi) is 16.1. The highest BCUT2D eigenvalue weighted by atomic mass is 32.2. The normalized spacial score (nSPS) is 19.7. The first-order valence-corrected chi connectivity index (χ1v) is 16.8. The second-order valence-electron chi connectivity index (χ2n) is 10.3. The van der Waals surface area contributed by atoms with Gasteiger partial charge in [-0.1, -0.05) is 64.5 Å². The maximum atomic E-state index is 13.2. The zero-order valence-electron chi connectivity index (χ0n) is 25.7. The summed E-state index contributed by atoms with van der Waals surface area (Å²) in [7, 11) is 0. The molecule has 2 bridgehead atoms. The van der Waals surface area contributed by atoms with Gasteiger partial charge in [0.05, 0.1) is 18.7 Å². The number of hydrogen-bond donors (Lipinski definition) is 3. The summed E-state index contributed by atoms with van der Waals surface area (Å²) >= 11 is 2.80. The molecule has 3 N–H and O–H groups in total. The number of amides is 3. The number of ether oxygens (including phenoxy) is 1. The number of hydrogen-bond acceptors (Lipinski definition) is 9. The number of carbonyl (C=O) groups excluding carboxylic acids is 5. The van der Waals surface area contributed by atoms with E-state index in [1.807, 2.05) is 6.92 Å². The van der Waals surface area contributed by atoms with Crippen LogP contribution >= 0.6 is 23.5 Å². The molecule has 1 aromatic rings. The number of thioether (sulfide) groups is 2. The summed E-state index contributed by atoms with van der Waals surface area (Å²) in [6.45, 7) is 9.25. The van der Waals surface area contributed by atoms with Crippen LogP contribution in [0.4, 0.5) is 0 Å². The van der Waals surface area contributed by atoms with Gasteiger partial charge in [0.25, 0.3) is 11.8 Å². The van der Waals surface area contributed by atoms with Gasteiger partial charge >= 0.3 is 5.97 Å². The molecule has 0 spiro atoms. The van der Waals surface area contributed by atoms with Crippen molar-refractivity contribution in [2.45, 2.75) is 96.7 Å². The lowest BCUT2D eigenvalue weighted by Gasteiger charge is -2.24. The van der Waals surface area contributed by atoms with Gasteiger partial charge in [0.15, 0.2) is 5.12 Å². The van der Waals surface area contributed by atoms with E-state index in [2.05, 4.69) is 27.9 Å². The molecule has 1 aromatic heterocycles. The summed E-state index contributed by atoms with van der Waals surface area (Å²) in [5, 5.41) is 8.22. The Balaban J connectivity index is 2.29. The largest absolute Gasteiger partial charge is 0.456 e. The Hall–Kier alpha value is -3.12. The van der Waals surface area contributed by atoms with Gasteiger partial charge < -0.3 is 20.7 Å². The molecule has 236 valence electrons. The Morgan fingerprint density at radius 3 is 2.58 bits per heavy atom. The number of unbranched alkanes of at least 4 members (excludes halogenated alkanes) is 2. The quantitative estimate of drug-likeness (QED) is 0.104. The van der Waals surface area contributed by atoms with Gasteiger partial charge in [-0.05, 0) is 49.6 Å². The summed E-state index contributed by atoms with van der Waals surface area (Å²) in [6.07, 6.45) is 7.94. The summed E-state index contributed by atoms with van der Waals surface area (Å²) in [5.41, 5.74) is 0.545. The molecule has 2 atom stereocenters. The minimum absolute atomic E-state index is 0.0288. The minimum Gasteiger partial charge on any atom is -0.456 e. The fourth-order valence-corrected chi connectivity index (χ4v) is 5.59. The molecule has 2 rings (SSSR count). The minimum atomic E-state index is -1.03. The second kappa shape index (κ2) is 19.2. The van der Waals surface area contributed by atoms with Crippen molar-refractivity contribution < 1.29 is 28.7 Å². The van der Waals surface area contributed by atoms with Crippen LogP contribution in [0.15, 0.2) is 41.0 Å². The molecule has 1 aliphatic rings. The molecule has 43 heavy (non-hydrogen) atoms. The van der Waals surface area contributed by atoms with Crippen molar-refractivity contribution in [2.75, 3.05) is 11.5 Å². The first-order chi connectivity index (χ1) is 20.6. The van der Waals surface area contributed by atoms with Crippen molar-refractivity contribution >= 4 is 52.3 Å². The highest BCUT2D eigenvalue weighted by Crippen LogP contribution is 2.20. The number of allylic oxidation sites excluding steroid dienone is 2. The Morgan fingerprint density at radius 2 is 1.91 bits per heavy atom. The van der Waals surface area contributed by atoms with Crippen LogP contribution in [0.1, 0.15) is 89.3 Å². The van der Waals surface area contributed by atoms with Gasteiger partial charge in [0, 0.05) is 17.1 Å². The van der Waals surface area contributed by atoms with Crippen LogP contribution in [0.2, 0.25) is 0 Å². The predicted molar refractivity (Wildman–Crippen MR) is 170 cm³/mol. The molecule has 1 aliphatic heterocycles. The smallest absolute Gasteiger partial charge is 0.329 e. The van der Waals surface area contributed by atoms with Crippen LogP contribution in [0.5, 0.6) is 0 Å². The van der Waals surface area contributed by atoms with Crippen LogP contribution in [0, 0.1) is 5.92 Å². The maximum Gasteiger partial charge on any atom is 0.329 e. The Bertz CT molecular complexity index is 1200. The van der Waals surface area contributed by atoms with Gasteiger partial charge in [-0.15, -0.1) is 11.8 Å². The van der Waals surface area contributed by atoms with Crippen molar-refractivity contribution in [1.82, 2.24) is 20.9 Å². The van der Waals surface area contributed by atoms with E-state index in [1.54, 1.807) is 45.1 Å². The Morgan fingerprint density at radius 1 is 1.14 bits per heavy atom. The van der Waals surface area contributed by atoms with E-state index in [9.17, 15) is 24.0 Å². The second-order valence-corrected chi connectivity index (χ2v) is 12.8. The van der Waals surface area contributed by atoms with Crippen molar-refractivity contribution in [3.63, 3.8) is 0 Å². The molecule has 0 fully saturated rings. The third kappa shape index (κ3) is 13.0. The highest BCUT2D eigenvalue weighted by Gasteiger charge is 2.30. The number of rotatable bonds is 11. The highest BCUT2D eigenvalue weighted by molar-refractivity contribution is 8.13. The number of fused-ring (bicyclic) bond motifs is 2. The Labute approximate surface area is 263 Å². The van der Waals surface area contributed by atoms with Crippen LogP contribution in [0.25, 0.3) is 0 Å². The van der Waals surface area contributed by atoms with E-state index in [0.29, 0.717) is 24.3 Å². The lowest BCUT2D eigenvalue weighted by atomic mass is 10.0. The predicted octanol–water partition coefficient (Wildman–Crippen LogP) is 4.69. The third-order valence-electron chi connectivity index (χ3n) is 6.39. The number of pyridine rings is 1. The van der Waals surface area contributed by atoms with Crippen molar-refractivity contribution in [3.8, 4) is 0 Å². The lowest BCUT2D eigenvalue weighted by molar-refractivity contribution is -0.153. The summed E-state index contributed by atoms with van der Waals surface area (Å²) < 4.78 is 5.72. The molecular formula is C31H44N4O6S2. The molecule has 0 aromatic carbocycles. The summed E-state index contributed by atoms with van der Waals surface area (Å²) in [6, 6.07) is 2.40. The maximum absolute atomic E-state index is 13.2. The van der Waals surface area contributed by atoms with Crippen LogP contribution < -0.4 is 16.0 Å². The SMILES string of the molecule is C/C=C1\NC(=O)c2cc(SCC)cc(n2)CNC(=O)C[C@@H](/C=C/CCSC(=O)CCCCC)OC(=O)[C@H](C(C)C)NC1=O. The number of cyclic esters (lactones) is 1. The average molecular weight is 633 g/mol. The van der Waals surface area contributed by atoms with Gasteiger partial charge in [-0.2, -0.15) is 0 Å². The van der Waals surface area contributed by atoms with Gasteiger partial charge in [0.1, 0.15) is 23.5 Å². The number of esters is 1. The molecule has 0 unspecified atom stereocenters. The number of carbonyl (C=O) groups is 5. The average Bonchev–Trinajstić information content (AvgIpc) is 2.96. The molecule has 12 heteroatoms. The van der Waals surface area contributed by atoms with Gasteiger partial charge in [0.2, 0.25) is 5.91 Å². The van der Waals surface area contributed by atoms with Gasteiger partial charge in [-0.3, -0.25) is 19.2 Å². The van der Waals surface area contributed by atoms with E-state index >= 15 is 0 Å². The topological polar surface area (TPSA) is 144 Å². The first-order valence-electron chi connectivity index (χ1n) is 14.8. The van der Waals surface area contributed by atoms with E-state index in [4.69, 9.17) is 4.74 Å². The van der Waals surface area contributed by atoms with E-state index in [1.165, 1.54) is 29.6 Å². The standard InChI is InChI=1S/C31H44N4O6S2/c1-6-9-10-14-27(37)43-15-12-11-13-22-17-26(36)32-19-21-16-23(42-8-3)18-25(33-21)30(39)34-24(7-2)29(38)35-28(20(4)5)31(40)41-22/h7,11,13,16,18,20,22,28H,6,8-10,12,14-15,17,19H2,1-5H3,(H,32,36)(H,34,39)(H,35,38)/b13-11+,24-7-/t22-,28+/m1/s1. The van der Waals surface area contributed by atoms with Crippen molar-refractivity contribution in [2.24, 2.45) is 5.92 Å². The molecule has 0 aliphatic carbocycles. The zero-order valence-corrected chi connectivity index (χ0v) is 27.3. The van der Waals surface area contributed by atoms with Gasteiger partial charge in [-0.25, -0.2) is 9.78 Å². The van der Waals surface area contributed by atoms with Crippen LogP contribution in [-0.4, -0.2) is 57.4 Å². The number of nitrogens with zero attached hydrogens (tertiary/aromatic N) is 1. The molecule has 3 amide bonds. The molecule has 0 saturated carbocycles. The summed E-state index contributed by atoms with van der Waals surface area (Å²) in [5.74, 6) is -1.31.